The van der Waals surface area contributed by atoms with E-state index in [1.165, 1.54) is 23.5 Å². The molecule has 0 spiro atoms. The standard InChI is InChI=1S/C12H17ClN2O3S/c1-3-15(10-7-14-8-10)19(16,17)12-5-4-9(13)6-11(12)18-2/h4-6,10,14H,3,7-8H2,1-2H3. The van der Waals surface area contributed by atoms with Crippen molar-refractivity contribution in [1.82, 2.24) is 9.62 Å². The summed E-state index contributed by atoms with van der Waals surface area (Å²) >= 11 is 5.86. The van der Waals surface area contributed by atoms with Crippen molar-refractivity contribution in [2.24, 2.45) is 0 Å². The summed E-state index contributed by atoms with van der Waals surface area (Å²) in [5, 5.41) is 3.53. The minimum absolute atomic E-state index is 0.00961. The number of methoxy groups -OCH3 is 1. The molecule has 0 saturated carbocycles. The van der Waals surface area contributed by atoms with Crippen molar-refractivity contribution in [3.8, 4) is 5.75 Å². The third kappa shape index (κ3) is 2.72. The van der Waals surface area contributed by atoms with Gasteiger partial charge in [-0.1, -0.05) is 18.5 Å². The third-order valence-electron chi connectivity index (χ3n) is 3.19. The maximum atomic E-state index is 12.7. The number of halogens is 1. The minimum Gasteiger partial charge on any atom is -0.495 e. The van der Waals surface area contributed by atoms with Crippen molar-refractivity contribution < 1.29 is 13.2 Å². The van der Waals surface area contributed by atoms with Crippen LogP contribution in [0.3, 0.4) is 0 Å². The zero-order chi connectivity index (χ0) is 14.0. The Labute approximate surface area is 118 Å². The van der Waals surface area contributed by atoms with Gasteiger partial charge in [0.25, 0.3) is 0 Å². The molecule has 1 aromatic rings. The van der Waals surface area contributed by atoms with E-state index in [-0.39, 0.29) is 16.7 Å². The van der Waals surface area contributed by atoms with Crippen LogP contribution in [0.5, 0.6) is 5.75 Å². The lowest BCUT2D eigenvalue weighted by atomic mass is 10.2. The molecule has 0 atom stereocenters. The molecule has 1 aliphatic rings. The second-order valence-corrected chi connectivity index (χ2v) is 6.61. The van der Waals surface area contributed by atoms with Gasteiger partial charge in [0.2, 0.25) is 10.0 Å². The number of hydrogen-bond donors (Lipinski definition) is 1. The van der Waals surface area contributed by atoms with Crippen molar-refractivity contribution >= 4 is 21.6 Å². The molecule has 1 fully saturated rings. The number of ether oxygens (including phenoxy) is 1. The number of rotatable bonds is 5. The highest BCUT2D eigenvalue weighted by Crippen LogP contribution is 2.30. The van der Waals surface area contributed by atoms with E-state index in [4.69, 9.17) is 16.3 Å². The lowest BCUT2D eigenvalue weighted by Crippen LogP contribution is -2.58. The van der Waals surface area contributed by atoms with Gasteiger partial charge in [-0.15, -0.1) is 0 Å². The average molecular weight is 305 g/mol. The molecular formula is C12H17ClN2O3S. The van der Waals surface area contributed by atoms with Gasteiger partial charge in [0.15, 0.2) is 0 Å². The van der Waals surface area contributed by atoms with E-state index in [1.54, 1.807) is 6.07 Å². The molecule has 7 heteroatoms. The van der Waals surface area contributed by atoms with Crippen LogP contribution in [0.2, 0.25) is 5.02 Å². The van der Waals surface area contributed by atoms with E-state index in [1.807, 2.05) is 6.92 Å². The second kappa shape index (κ2) is 5.66. The maximum absolute atomic E-state index is 12.7. The first kappa shape index (κ1) is 14.6. The Morgan fingerprint density at radius 2 is 2.16 bits per heavy atom. The summed E-state index contributed by atoms with van der Waals surface area (Å²) in [6.45, 7) is 3.63. The summed E-state index contributed by atoms with van der Waals surface area (Å²) in [7, 11) is -2.12. The van der Waals surface area contributed by atoms with Crippen molar-refractivity contribution in [2.45, 2.75) is 17.9 Å². The molecule has 5 nitrogen and oxygen atoms in total. The second-order valence-electron chi connectivity index (χ2n) is 4.32. The molecule has 1 aliphatic heterocycles. The van der Waals surface area contributed by atoms with Crippen LogP contribution < -0.4 is 10.1 Å². The monoisotopic (exact) mass is 304 g/mol. The van der Waals surface area contributed by atoms with Crippen molar-refractivity contribution in [3.63, 3.8) is 0 Å². The Morgan fingerprint density at radius 3 is 2.63 bits per heavy atom. The van der Waals surface area contributed by atoms with E-state index < -0.39 is 10.0 Å². The topological polar surface area (TPSA) is 58.6 Å². The molecule has 0 unspecified atom stereocenters. The minimum atomic E-state index is -3.56. The van der Waals surface area contributed by atoms with E-state index >= 15 is 0 Å². The van der Waals surface area contributed by atoms with Crippen LogP contribution in [-0.2, 0) is 10.0 Å². The van der Waals surface area contributed by atoms with E-state index in [0.29, 0.717) is 24.7 Å². The van der Waals surface area contributed by atoms with Crippen LogP contribution in [0, 0.1) is 0 Å². The van der Waals surface area contributed by atoms with Crippen LogP contribution in [0.25, 0.3) is 0 Å². The SMILES string of the molecule is CCN(C1CNC1)S(=O)(=O)c1ccc(Cl)cc1OC. The Bertz CT molecular complexity index is 558. The number of nitrogens with zero attached hydrogens (tertiary/aromatic N) is 1. The number of likely N-dealkylation sites (N-methyl/N-ethyl adjacent to an activating group) is 1. The third-order valence-corrected chi connectivity index (χ3v) is 5.49. The number of nitrogens with one attached hydrogen (secondary N) is 1. The first-order chi connectivity index (χ1) is 9.00. The Kier molecular flexibility index (Phi) is 4.35. The van der Waals surface area contributed by atoms with Crippen molar-refractivity contribution in [3.05, 3.63) is 23.2 Å². The zero-order valence-electron chi connectivity index (χ0n) is 10.9. The summed E-state index contributed by atoms with van der Waals surface area (Å²) in [6.07, 6.45) is 0. The van der Waals surface area contributed by atoms with Gasteiger partial charge in [0.1, 0.15) is 10.6 Å². The molecule has 0 aliphatic carbocycles. The van der Waals surface area contributed by atoms with Gasteiger partial charge < -0.3 is 10.1 Å². The number of sulfonamides is 1. The largest absolute Gasteiger partial charge is 0.495 e. The quantitative estimate of drug-likeness (QED) is 0.891. The highest BCUT2D eigenvalue weighted by atomic mass is 35.5. The van der Waals surface area contributed by atoms with Crippen LogP contribution in [0.15, 0.2) is 23.1 Å². The smallest absolute Gasteiger partial charge is 0.247 e. The van der Waals surface area contributed by atoms with Gasteiger partial charge in [-0.2, -0.15) is 4.31 Å². The molecule has 1 aromatic carbocycles. The number of benzene rings is 1. The zero-order valence-corrected chi connectivity index (χ0v) is 12.5. The fraction of sp³-hybridized carbons (Fsp3) is 0.500. The molecule has 0 bridgehead atoms. The van der Waals surface area contributed by atoms with Gasteiger partial charge in [-0.05, 0) is 12.1 Å². The Morgan fingerprint density at radius 1 is 1.47 bits per heavy atom. The van der Waals surface area contributed by atoms with Crippen LogP contribution in [0.1, 0.15) is 6.92 Å². The summed E-state index contributed by atoms with van der Waals surface area (Å²) in [6, 6.07) is 4.58. The van der Waals surface area contributed by atoms with E-state index in [9.17, 15) is 8.42 Å². The Hall–Kier alpha value is -0.820. The molecule has 0 amide bonds. The average Bonchev–Trinajstić information content (AvgIpc) is 2.32. The first-order valence-electron chi connectivity index (χ1n) is 6.06. The lowest BCUT2D eigenvalue weighted by Gasteiger charge is -2.36. The number of hydrogen-bond acceptors (Lipinski definition) is 4. The Balaban J connectivity index is 2.43. The molecule has 19 heavy (non-hydrogen) atoms. The van der Waals surface area contributed by atoms with Crippen LogP contribution in [-0.4, -0.2) is 45.5 Å². The summed E-state index contributed by atoms with van der Waals surface area (Å²) < 4.78 is 32.0. The normalized spacial score (nSPS) is 16.4. The molecular weight excluding hydrogens is 288 g/mol. The van der Waals surface area contributed by atoms with Crippen molar-refractivity contribution in [1.29, 1.82) is 0 Å². The first-order valence-corrected chi connectivity index (χ1v) is 7.88. The van der Waals surface area contributed by atoms with Gasteiger partial charge in [-0.3, -0.25) is 0 Å². The fourth-order valence-electron chi connectivity index (χ4n) is 2.08. The maximum Gasteiger partial charge on any atom is 0.247 e. The van der Waals surface area contributed by atoms with Gasteiger partial charge >= 0.3 is 0 Å². The molecule has 1 heterocycles. The molecule has 2 rings (SSSR count). The molecule has 1 N–H and O–H groups in total. The highest BCUT2D eigenvalue weighted by molar-refractivity contribution is 7.89. The van der Waals surface area contributed by atoms with Crippen LogP contribution in [0.4, 0.5) is 0 Å². The van der Waals surface area contributed by atoms with Crippen molar-refractivity contribution in [2.75, 3.05) is 26.7 Å². The van der Waals surface area contributed by atoms with Gasteiger partial charge in [0, 0.05) is 30.7 Å². The van der Waals surface area contributed by atoms with Crippen LogP contribution >= 0.6 is 11.6 Å². The van der Waals surface area contributed by atoms with E-state index in [2.05, 4.69) is 5.32 Å². The molecule has 106 valence electrons. The predicted molar refractivity (Wildman–Crippen MR) is 74.2 cm³/mol. The predicted octanol–water partition coefficient (Wildman–Crippen LogP) is 1.33. The molecule has 1 saturated heterocycles. The highest BCUT2D eigenvalue weighted by Gasteiger charge is 2.35. The molecule has 0 aromatic heterocycles. The lowest BCUT2D eigenvalue weighted by molar-refractivity contribution is 0.249. The molecule has 0 radical (unpaired) electrons. The van der Waals surface area contributed by atoms with Gasteiger partial charge in [-0.25, -0.2) is 8.42 Å². The summed E-state index contributed by atoms with van der Waals surface area (Å²) in [5.74, 6) is 0.276. The summed E-state index contributed by atoms with van der Waals surface area (Å²) in [4.78, 5) is 0.160. The van der Waals surface area contributed by atoms with Gasteiger partial charge in [0.05, 0.1) is 13.2 Å². The fourth-order valence-corrected chi connectivity index (χ4v) is 4.02. The summed E-state index contributed by atoms with van der Waals surface area (Å²) in [5.41, 5.74) is 0. The van der Waals surface area contributed by atoms with E-state index in [0.717, 1.165) is 0 Å².